The van der Waals surface area contributed by atoms with Gasteiger partial charge >= 0.3 is 0 Å². The molecule has 94 valence electrons. The van der Waals surface area contributed by atoms with Gasteiger partial charge in [0.15, 0.2) is 0 Å². The second kappa shape index (κ2) is 7.07. The third-order valence-corrected chi connectivity index (χ3v) is 2.94. The van der Waals surface area contributed by atoms with Gasteiger partial charge in [-0.15, -0.1) is 0 Å². The second-order valence-electron chi connectivity index (χ2n) is 4.36. The first-order valence-electron chi connectivity index (χ1n) is 6.19. The van der Waals surface area contributed by atoms with E-state index < -0.39 is 0 Å². The van der Waals surface area contributed by atoms with E-state index in [1.807, 2.05) is 32.2 Å². The van der Waals surface area contributed by atoms with Crippen LogP contribution in [0.15, 0.2) is 30.3 Å². The maximum Gasteiger partial charge on any atom is 0.239 e. The van der Waals surface area contributed by atoms with Crippen molar-refractivity contribution in [3.05, 3.63) is 35.9 Å². The maximum atomic E-state index is 11.7. The number of carbonyl (C=O) groups excluding carboxylic acids is 1. The van der Waals surface area contributed by atoms with Crippen molar-refractivity contribution in [2.45, 2.75) is 32.2 Å². The molecule has 1 aromatic carbocycles. The van der Waals surface area contributed by atoms with Gasteiger partial charge in [0, 0.05) is 13.6 Å². The number of likely N-dealkylation sites (N-methyl/N-ethyl adjacent to an activating group) is 1. The van der Waals surface area contributed by atoms with E-state index in [9.17, 15) is 4.79 Å². The summed E-state index contributed by atoms with van der Waals surface area (Å²) in [6.45, 7) is 2.70. The van der Waals surface area contributed by atoms with E-state index in [4.69, 9.17) is 5.73 Å². The lowest BCUT2D eigenvalue weighted by Crippen LogP contribution is -2.41. The lowest BCUT2D eigenvalue weighted by Gasteiger charge is -2.20. The number of carbonyl (C=O) groups is 1. The maximum absolute atomic E-state index is 11.7. The number of hydrogen-bond acceptors (Lipinski definition) is 2. The Morgan fingerprint density at radius 2 is 2.00 bits per heavy atom. The average Bonchev–Trinajstić information content (AvgIpc) is 2.38. The third kappa shape index (κ3) is 4.57. The van der Waals surface area contributed by atoms with Gasteiger partial charge in [0.25, 0.3) is 0 Å². The van der Waals surface area contributed by atoms with Gasteiger partial charge in [-0.3, -0.25) is 4.79 Å². The molecule has 3 nitrogen and oxygen atoms in total. The molecule has 17 heavy (non-hydrogen) atoms. The molecule has 0 aliphatic heterocycles. The van der Waals surface area contributed by atoms with Crippen molar-refractivity contribution < 1.29 is 4.79 Å². The first-order chi connectivity index (χ1) is 8.15. The number of benzene rings is 1. The summed E-state index contributed by atoms with van der Waals surface area (Å²) in [5.41, 5.74) is 7.02. The number of hydrogen-bond donors (Lipinski definition) is 1. The van der Waals surface area contributed by atoms with Gasteiger partial charge < -0.3 is 10.6 Å². The Kier molecular flexibility index (Phi) is 5.70. The van der Waals surface area contributed by atoms with Crippen LogP contribution in [0.4, 0.5) is 0 Å². The van der Waals surface area contributed by atoms with E-state index in [1.54, 1.807) is 4.90 Å². The van der Waals surface area contributed by atoms with Crippen LogP contribution in [-0.2, 0) is 11.2 Å². The van der Waals surface area contributed by atoms with Gasteiger partial charge in [-0.05, 0) is 24.8 Å². The molecule has 1 atom stereocenters. The Bertz CT molecular complexity index is 337. The lowest BCUT2D eigenvalue weighted by molar-refractivity contribution is -0.131. The monoisotopic (exact) mass is 234 g/mol. The zero-order valence-electron chi connectivity index (χ0n) is 10.7. The molecule has 0 saturated carbocycles. The van der Waals surface area contributed by atoms with Crippen LogP contribution in [0.25, 0.3) is 0 Å². The second-order valence-corrected chi connectivity index (χ2v) is 4.36. The molecule has 0 heterocycles. The molecule has 1 rings (SSSR count). The molecule has 1 unspecified atom stereocenters. The van der Waals surface area contributed by atoms with E-state index in [-0.39, 0.29) is 11.9 Å². The summed E-state index contributed by atoms with van der Waals surface area (Å²) < 4.78 is 0. The van der Waals surface area contributed by atoms with E-state index in [1.165, 1.54) is 5.56 Å². The topological polar surface area (TPSA) is 46.3 Å². The van der Waals surface area contributed by atoms with E-state index in [0.717, 1.165) is 19.4 Å². The fourth-order valence-electron chi connectivity index (χ4n) is 1.73. The highest BCUT2D eigenvalue weighted by atomic mass is 16.2. The van der Waals surface area contributed by atoms with Crippen LogP contribution in [0.5, 0.6) is 0 Å². The first-order valence-corrected chi connectivity index (χ1v) is 6.19. The molecule has 0 aliphatic carbocycles. The van der Waals surface area contributed by atoms with Crippen molar-refractivity contribution in [1.82, 2.24) is 4.90 Å². The SMILES string of the molecule is CCC(N)C(=O)N(C)CCCc1ccccc1. The fourth-order valence-corrected chi connectivity index (χ4v) is 1.73. The van der Waals surface area contributed by atoms with Gasteiger partial charge in [-0.2, -0.15) is 0 Å². The van der Waals surface area contributed by atoms with Crippen molar-refractivity contribution in [3.8, 4) is 0 Å². The van der Waals surface area contributed by atoms with Crippen molar-refractivity contribution in [2.75, 3.05) is 13.6 Å². The van der Waals surface area contributed by atoms with Gasteiger partial charge in [-0.25, -0.2) is 0 Å². The number of nitrogens with zero attached hydrogens (tertiary/aromatic N) is 1. The van der Waals surface area contributed by atoms with Gasteiger partial charge in [0.1, 0.15) is 0 Å². The predicted octanol–water partition coefficient (Wildman–Crippen LogP) is 1.81. The Morgan fingerprint density at radius 1 is 1.35 bits per heavy atom. The van der Waals surface area contributed by atoms with Crippen molar-refractivity contribution in [3.63, 3.8) is 0 Å². The van der Waals surface area contributed by atoms with Crippen LogP contribution in [0.3, 0.4) is 0 Å². The molecule has 0 bridgehead atoms. The van der Waals surface area contributed by atoms with Crippen LogP contribution in [0.1, 0.15) is 25.3 Å². The van der Waals surface area contributed by atoms with Gasteiger partial charge in [0.05, 0.1) is 6.04 Å². The molecule has 0 aromatic heterocycles. The Labute approximate surface area is 104 Å². The van der Waals surface area contributed by atoms with E-state index >= 15 is 0 Å². The highest BCUT2D eigenvalue weighted by Gasteiger charge is 2.15. The smallest absolute Gasteiger partial charge is 0.239 e. The summed E-state index contributed by atoms with van der Waals surface area (Å²) in [5.74, 6) is 0.0422. The highest BCUT2D eigenvalue weighted by Crippen LogP contribution is 2.04. The largest absolute Gasteiger partial charge is 0.344 e. The van der Waals surface area contributed by atoms with Crippen LogP contribution in [-0.4, -0.2) is 30.4 Å². The number of aryl methyl sites for hydroxylation is 1. The minimum absolute atomic E-state index is 0.0422. The molecular formula is C14H22N2O. The lowest BCUT2D eigenvalue weighted by atomic mass is 10.1. The number of nitrogens with two attached hydrogens (primary N) is 1. The summed E-state index contributed by atoms with van der Waals surface area (Å²) in [4.78, 5) is 13.5. The fraction of sp³-hybridized carbons (Fsp3) is 0.500. The molecule has 0 spiro atoms. The molecule has 2 N–H and O–H groups in total. The number of rotatable bonds is 6. The normalized spacial score (nSPS) is 12.2. The summed E-state index contributed by atoms with van der Waals surface area (Å²) in [5, 5.41) is 0. The van der Waals surface area contributed by atoms with Crippen molar-refractivity contribution in [2.24, 2.45) is 5.73 Å². The summed E-state index contributed by atoms with van der Waals surface area (Å²) in [7, 11) is 1.82. The Hall–Kier alpha value is -1.35. The quantitative estimate of drug-likeness (QED) is 0.816. The van der Waals surface area contributed by atoms with E-state index in [2.05, 4.69) is 12.1 Å². The predicted molar refractivity (Wildman–Crippen MR) is 70.7 cm³/mol. The summed E-state index contributed by atoms with van der Waals surface area (Å²) >= 11 is 0. The van der Waals surface area contributed by atoms with Crippen LogP contribution in [0, 0.1) is 0 Å². The molecule has 0 aliphatic rings. The molecule has 0 radical (unpaired) electrons. The first kappa shape index (κ1) is 13.7. The molecule has 0 saturated heterocycles. The number of amides is 1. The standard InChI is InChI=1S/C14H22N2O/c1-3-13(15)14(17)16(2)11-7-10-12-8-5-4-6-9-12/h4-6,8-9,13H,3,7,10-11,15H2,1-2H3. The zero-order valence-corrected chi connectivity index (χ0v) is 10.7. The molecule has 0 fully saturated rings. The van der Waals surface area contributed by atoms with Crippen molar-refractivity contribution in [1.29, 1.82) is 0 Å². The molecule has 1 amide bonds. The van der Waals surface area contributed by atoms with Crippen molar-refractivity contribution >= 4 is 5.91 Å². The average molecular weight is 234 g/mol. The molecular weight excluding hydrogens is 212 g/mol. The Balaban J connectivity index is 2.29. The minimum Gasteiger partial charge on any atom is -0.344 e. The Morgan fingerprint density at radius 3 is 2.59 bits per heavy atom. The summed E-state index contributed by atoms with van der Waals surface area (Å²) in [6.07, 6.45) is 2.67. The molecule has 1 aromatic rings. The van der Waals surface area contributed by atoms with Gasteiger partial charge in [0.2, 0.25) is 5.91 Å². The summed E-state index contributed by atoms with van der Waals surface area (Å²) in [6, 6.07) is 9.96. The van der Waals surface area contributed by atoms with Crippen LogP contribution < -0.4 is 5.73 Å². The minimum atomic E-state index is -0.350. The zero-order chi connectivity index (χ0) is 12.7. The third-order valence-electron chi connectivity index (χ3n) is 2.94. The van der Waals surface area contributed by atoms with E-state index in [0.29, 0.717) is 6.42 Å². The highest BCUT2D eigenvalue weighted by molar-refractivity contribution is 5.81. The van der Waals surface area contributed by atoms with Gasteiger partial charge in [-0.1, -0.05) is 37.3 Å². The molecule has 3 heteroatoms. The van der Waals surface area contributed by atoms with Crippen LogP contribution in [0.2, 0.25) is 0 Å². The van der Waals surface area contributed by atoms with Crippen LogP contribution >= 0.6 is 0 Å².